The third-order valence-electron chi connectivity index (χ3n) is 2.57. The highest BCUT2D eigenvalue weighted by Crippen LogP contribution is 2.25. The fourth-order valence-corrected chi connectivity index (χ4v) is 1.55. The van der Waals surface area contributed by atoms with Crippen molar-refractivity contribution in [2.24, 2.45) is 5.41 Å². The maximum Gasteiger partial charge on any atom is 0.140 e. The summed E-state index contributed by atoms with van der Waals surface area (Å²) in [7, 11) is 0. The van der Waals surface area contributed by atoms with E-state index in [1.165, 1.54) is 0 Å². The number of ether oxygens (including phenoxy) is 1. The SMILES string of the molecule is C[C@@H]1CC[C@@H](CC(=O)C(C)(C)C)O1. The molecule has 13 heavy (non-hydrogen) atoms. The Balaban J connectivity index is 2.37. The quantitative estimate of drug-likeness (QED) is 0.659. The van der Waals surface area contributed by atoms with Crippen LogP contribution in [0.4, 0.5) is 0 Å². The van der Waals surface area contributed by atoms with E-state index < -0.39 is 0 Å². The normalized spacial score (nSPS) is 29.2. The van der Waals surface area contributed by atoms with Crippen molar-refractivity contribution in [2.75, 3.05) is 0 Å². The number of Topliss-reactive ketones (excluding diaryl/α,β-unsaturated/α-hetero) is 1. The Morgan fingerprint density at radius 2 is 2.00 bits per heavy atom. The summed E-state index contributed by atoms with van der Waals surface area (Å²) in [6.45, 7) is 7.97. The van der Waals surface area contributed by atoms with Gasteiger partial charge in [-0.15, -0.1) is 0 Å². The van der Waals surface area contributed by atoms with E-state index in [1.54, 1.807) is 0 Å². The van der Waals surface area contributed by atoms with Crippen LogP contribution in [0.3, 0.4) is 0 Å². The van der Waals surface area contributed by atoms with E-state index in [2.05, 4.69) is 6.92 Å². The van der Waals surface area contributed by atoms with E-state index in [1.807, 2.05) is 20.8 Å². The predicted octanol–water partition coefficient (Wildman–Crippen LogP) is 2.56. The first-order valence-electron chi connectivity index (χ1n) is 5.08. The molecule has 2 heteroatoms. The molecule has 0 unspecified atom stereocenters. The van der Waals surface area contributed by atoms with E-state index in [9.17, 15) is 4.79 Å². The third-order valence-corrected chi connectivity index (χ3v) is 2.57. The topological polar surface area (TPSA) is 26.3 Å². The molecule has 0 aromatic heterocycles. The molecular weight excluding hydrogens is 164 g/mol. The Kier molecular flexibility index (Phi) is 3.12. The Morgan fingerprint density at radius 1 is 1.38 bits per heavy atom. The summed E-state index contributed by atoms with van der Waals surface area (Å²) in [6.07, 6.45) is 3.26. The number of rotatable bonds is 2. The molecule has 0 spiro atoms. The smallest absolute Gasteiger partial charge is 0.140 e. The van der Waals surface area contributed by atoms with Crippen molar-refractivity contribution in [3.63, 3.8) is 0 Å². The molecule has 1 fully saturated rings. The molecule has 1 heterocycles. The van der Waals surface area contributed by atoms with Crippen molar-refractivity contribution < 1.29 is 9.53 Å². The zero-order valence-corrected chi connectivity index (χ0v) is 9.09. The molecule has 0 aromatic rings. The molecule has 0 N–H and O–H groups in total. The van der Waals surface area contributed by atoms with Crippen LogP contribution in [0.2, 0.25) is 0 Å². The van der Waals surface area contributed by atoms with Gasteiger partial charge in [0.2, 0.25) is 0 Å². The van der Waals surface area contributed by atoms with Gasteiger partial charge in [0, 0.05) is 11.8 Å². The maximum absolute atomic E-state index is 11.6. The number of hydrogen-bond acceptors (Lipinski definition) is 2. The highest BCUT2D eigenvalue weighted by molar-refractivity contribution is 5.84. The first kappa shape index (κ1) is 10.7. The lowest BCUT2D eigenvalue weighted by atomic mass is 9.87. The zero-order chi connectivity index (χ0) is 10.1. The summed E-state index contributed by atoms with van der Waals surface area (Å²) in [4.78, 5) is 11.6. The van der Waals surface area contributed by atoms with Crippen LogP contribution >= 0.6 is 0 Å². The second-order valence-corrected chi connectivity index (χ2v) is 5.02. The fourth-order valence-electron chi connectivity index (χ4n) is 1.55. The first-order valence-corrected chi connectivity index (χ1v) is 5.08. The molecule has 1 aliphatic rings. The summed E-state index contributed by atoms with van der Waals surface area (Å²) in [5.41, 5.74) is -0.213. The van der Waals surface area contributed by atoms with Crippen LogP contribution in [0.1, 0.15) is 47.0 Å². The van der Waals surface area contributed by atoms with Crippen LogP contribution in [-0.4, -0.2) is 18.0 Å². The van der Waals surface area contributed by atoms with Gasteiger partial charge in [0.15, 0.2) is 0 Å². The molecule has 1 rings (SSSR count). The lowest BCUT2D eigenvalue weighted by molar-refractivity contribution is -0.128. The number of hydrogen-bond donors (Lipinski definition) is 0. The van der Waals surface area contributed by atoms with Gasteiger partial charge in [-0.2, -0.15) is 0 Å². The molecule has 0 aromatic carbocycles. The summed E-state index contributed by atoms with van der Waals surface area (Å²) in [5, 5.41) is 0. The second-order valence-electron chi connectivity index (χ2n) is 5.02. The van der Waals surface area contributed by atoms with Gasteiger partial charge in [0.1, 0.15) is 5.78 Å². The minimum Gasteiger partial charge on any atom is -0.375 e. The average molecular weight is 184 g/mol. The number of carbonyl (C=O) groups is 1. The Hall–Kier alpha value is -0.370. The van der Waals surface area contributed by atoms with Crippen molar-refractivity contribution in [3.8, 4) is 0 Å². The highest BCUT2D eigenvalue weighted by Gasteiger charge is 2.28. The lowest BCUT2D eigenvalue weighted by Gasteiger charge is -2.19. The molecule has 2 atom stereocenters. The van der Waals surface area contributed by atoms with Crippen LogP contribution < -0.4 is 0 Å². The van der Waals surface area contributed by atoms with E-state index in [0.29, 0.717) is 18.3 Å². The lowest BCUT2D eigenvalue weighted by Crippen LogP contribution is -2.25. The van der Waals surface area contributed by atoms with Gasteiger partial charge in [-0.3, -0.25) is 4.79 Å². The van der Waals surface area contributed by atoms with Gasteiger partial charge in [-0.25, -0.2) is 0 Å². The van der Waals surface area contributed by atoms with Gasteiger partial charge < -0.3 is 4.74 Å². The Labute approximate surface area is 80.7 Å². The largest absolute Gasteiger partial charge is 0.375 e. The summed E-state index contributed by atoms with van der Waals surface area (Å²) in [5.74, 6) is 0.312. The molecule has 0 bridgehead atoms. The van der Waals surface area contributed by atoms with Crippen LogP contribution in [0.25, 0.3) is 0 Å². The van der Waals surface area contributed by atoms with Crippen molar-refractivity contribution in [1.29, 1.82) is 0 Å². The molecule has 0 radical (unpaired) electrons. The van der Waals surface area contributed by atoms with Gasteiger partial charge in [0.25, 0.3) is 0 Å². The third kappa shape index (κ3) is 3.11. The summed E-state index contributed by atoms with van der Waals surface area (Å²) >= 11 is 0. The number of carbonyl (C=O) groups excluding carboxylic acids is 1. The average Bonchev–Trinajstić information content (AvgIpc) is 2.33. The molecule has 1 aliphatic heterocycles. The van der Waals surface area contributed by atoms with Crippen LogP contribution in [-0.2, 0) is 9.53 Å². The van der Waals surface area contributed by atoms with E-state index >= 15 is 0 Å². The minimum absolute atomic E-state index is 0.182. The number of ketones is 1. The zero-order valence-electron chi connectivity index (χ0n) is 9.09. The standard InChI is InChI=1S/C11H20O2/c1-8-5-6-9(13-8)7-10(12)11(2,3)4/h8-9H,5-7H2,1-4H3/t8-,9+/m1/s1. The molecule has 2 nitrogen and oxygen atoms in total. The monoisotopic (exact) mass is 184 g/mol. The van der Waals surface area contributed by atoms with E-state index in [4.69, 9.17) is 4.74 Å². The minimum atomic E-state index is -0.213. The molecular formula is C11H20O2. The van der Waals surface area contributed by atoms with Crippen LogP contribution in [0, 0.1) is 5.41 Å². The Bertz CT molecular complexity index is 191. The van der Waals surface area contributed by atoms with Crippen molar-refractivity contribution in [2.45, 2.75) is 59.2 Å². The Morgan fingerprint density at radius 3 is 2.38 bits per heavy atom. The summed E-state index contributed by atoms with van der Waals surface area (Å²) in [6, 6.07) is 0. The summed E-state index contributed by atoms with van der Waals surface area (Å²) < 4.78 is 5.61. The molecule has 0 amide bonds. The second kappa shape index (κ2) is 3.79. The van der Waals surface area contributed by atoms with Crippen LogP contribution in [0.15, 0.2) is 0 Å². The maximum atomic E-state index is 11.6. The fraction of sp³-hybridized carbons (Fsp3) is 0.909. The van der Waals surface area contributed by atoms with Crippen LogP contribution in [0.5, 0.6) is 0 Å². The van der Waals surface area contributed by atoms with Gasteiger partial charge in [-0.1, -0.05) is 20.8 Å². The molecule has 1 saturated heterocycles. The molecule has 0 aliphatic carbocycles. The van der Waals surface area contributed by atoms with Crippen molar-refractivity contribution in [3.05, 3.63) is 0 Å². The van der Waals surface area contributed by atoms with Gasteiger partial charge >= 0.3 is 0 Å². The van der Waals surface area contributed by atoms with E-state index in [-0.39, 0.29) is 11.5 Å². The predicted molar refractivity (Wildman–Crippen MR) is 52.6 cm³/mol. The van der Waals surface area contributed by atoms with E-state index in [0.717, 1.165) is 12.8 Å². The van der Waals surface area contributed by atoms with Gasteiger partial charge in [0.05, 0.1) is 12.2 Å². The molecule has 76 valence electrons. The molecule has 0 saturated carbocycles. The van der Waals surface area contributed by atoms with Gasteiger partial charge in [-0.05, 0) is 19.8 Å². The van der Waals surface area contributed by atoms with Crippen molar-refractivity contribution >= 4 is 5.78 Å². The first-order chi connectivity index (χ1) is 5.89. The van der Waals surface area contributed by atoms with Crippen molar-refractivity contribution in [1.82, 2.24) is 0 Å². The highest BCUT2D eigenvalue weighted by atomic mass is 16.5.